The minimum atomic E-state index is -0.602. The van der Waals surface area contributed by atoms with Crippen LogP contribution in [0.4, 0.5) is 4.39 Å². The van der Waals surface area contributed by atoms with Crippen molar-refractivity contribution in [3.8, 4) is 0 Å². The summed E-state index contributed by atoms with van der Waals surface area (Å²) in [6.07, 6.45) is 2.64. The number of nitrogens with two attached hydrogens (primary N) is 1. The highest BCUT2D eigenvalue weighted by Crippen LogP contribution is 2.21. The Hall–Kier alpha value is -1.00. The average molecular weight is 184 g/mol. The van der Waals surface area contributed by atoms with E-state index in [1.807, 2.05) is 0 Å². The summed E-state index contributed by atoms with van der Waals surface area (Å²) in [6.45, 7) is 1.91. The van der Waals surface area contributed by atoms with Gasteiger partial charge < -0.3 is 10.8 Å². The molecule has 4 heteroatoms. The van der Waals surface area contributed by atoms with E-state index < -0.39 is 11.2 Å². The molecule has 1 rings (SSSR count). The third-order valence-electron chi connectivity index (χ3n) is 2.20. The second-order valence-electron chi connectivity index (χ2n) is 3.31. The number of hydrogen-bond donors (Lipinski definition) is 2. The maximum atomic E-state index is 12.8. The first kappa shape index (κ1) is 10.1. The molecule has 0 radical (unpaired) electrons. The Bertz CT molecular complexity index is 287. The zero-order valence-electron chi connectivity index (χ0n) is 7.50. The van der Waals surface area contributed by atoms with Crippen molar-refractivity contribution in [3.63, 3.8) is 0 Å². The maximum absolute atomic E-state index is 12.8. The lowest BCUT2D eigenvalue weighted by Crippen LogP contribution is -2.35. The molecule has 3 N–H and O–H groups in total. The summed E-state index contributed by atoms with van der Waals surface area (Å²) in [5, 5.41) is 9.10. The first-order valence-corrected chi connectivity index (χ1v) is 4.04. The van der Waals surface area contributed by atoms with Crippen molar-refractivity contribution in [2.45, 2.75) is 12.3 Å². The van der Waals surface area contributed by atoms with E-state index in [1.165, 1.54) is 12.3 Å². The predicted molar refractivity (Wildman–Crippen MR) is 47.7 cm³/mol. The van der Waals surface area contributed by atoms with Gasteiger partial charge in [-0.25, -0.2) is 4.39 Å². The number of hydrogen-bond acceptors (Lipinski definition) is 3. The van der Waals surface area contributed by atoms with Gasteiger partial charge in [-0.2, -0.15) is 0 Å². The molecule has 0 aliphatic rings. The summed E-state index contributed by atoms with van der Waals surface area (Å²) in [6, 6.07) is 1.34. The molecule has 3 nitrogen and oxygen atoms in total. The summed E-state index contributed by atoms with van der Waals surface area (Å²) >= 11 is 0. The van der Waals surface area contributed by atoms with E-state index in [9.17, 15) is 4.39 Å². The first-order chi connectivity index (χ1) is 6.12. The molecule has 0 fully saturated rings. The minimum absolute atomic E-state index is 0.116. The largest absolute Gasteiger partial charge is 0.395 e. The van der Waals surface area contributed by atoms with Crippen molar-refractivity contribution >= 4 is 0 Å². The predicted octanol–water partition coefficient (Wildman–Crippen LogP) is 0.429. The van der Waals surface area contributed by atoms with Crippen molar-refractivity contribution in [1.82, 2.24) is 4.98 Å². The van der Waals surface area contributed by atoms with E-state index in [2.05, 4.69) is 4.98 Å². The standard InChI is InChI=1S/C9H13FN2O/c1-9(5-11,6-13)7-2-8(10)4-12-3-7/h2-4,13H,5-6,11H2,1H3. The van der Waals surface area contributed by atoms with E-state index in [0.717, 1.165) is 6.20 Å². The third-order valence-corrected chi connectivity index (χ3v) is 2.20. The van der Waals surface area contributed by atoms with Crippen LogP contribution in [0.2, 0.25) is 0 Å². The molecular weight excluding hydrogens is 171 g/mol. The van der Waals surface area contributed by atoms with Crippen molar-refractivity contribution in [1.29, 1.82) is 0 Å². The van der Waals surface area contributed by atoms with Gasteiger partial charge in [0.05, 0.1) is 12.8 Å². The van der Waals surface area contributed by atoms with Crippen molar-refractivity contribution < 1.29 is 9.50 Å². The van der Waals surface area contributed by atoms with E-state index >= 15 is 0 Å². The van der Waals surface area contributed by atoms with Crippen LogP contribution in [0.25, 0.3) is 0 Å². The molecule has 0 spiro atoms. The molecule has 1 aromatic heterocycles. The van der Waals surface area contributed by atoms with Crippen molar-refractivity contribution in [2.24, 2.45) is 5.73 Å². The van der Waals surface area contributed by atoms with Crippen LogP contribution in [0.15, 0.2) is 18.5 Å². The summed E-state index contributed by atoms with van der Waals surface area (Å²) < 4.78 is 12.8. The summed E-state index contributed by atoms with van der Waals surface area (Å²) in [5.74, 6) is -0.411. The molecular formula is C9H13FN2O. The lowest BCUT2D eigenvalue weighted by molar-refractivity contribution is 0.209. The fraction of sp³-hybridized carbons (Fsp3) is 0.444. The molecule has 1 heterocycles. The zero-order chi connectivity index (χ0) is 9.90. The fourth-order valence-electron chi connectivity index (χ4n) is 1.02. The molecule has 13 heavy (non-hydrogen) atoms. The van der Waals surface area contributed by atoms with E-state index in [4.69, 9.17) is 10.8 Å². The van der Waals surface area contributed by atoms with Crippen LogP contribution in [0.5, 0.6) is 0 Å². The molecule has 72 valence electrons. The van der Waals surface area contributed by atoms with E-state index in [1.54, 1.807) is 6.92 Å². The van der Waals surface area contributed by atoms with E-state index in [-0.39, 0.29) is 13.2 Å². The van der Waals surface area contributed by atoms with Crippen LogP contribution < -0.4 is 5.73 Å². The molecule has 0 aliphatic heterocycles. The second-order valence-corrected chi connectivity index (χ2v) is 3.31. The van der Waals surface area contributed by atoms with Crippen molar-refractivity contribution in [2.75, 3.05) is 13.2 Å². The highest BCUT2D eigenvalue weighted by Gasteiger charge is 2.24. The normalized spacial score (nSPS) is 15.4. The van der Waals surface area contributed by atoms with E-state index in [0.29, 0.717) is 5.56 Å². The van der Waals surface area contributed by atoms with Crippen LogP contribution in [0.1, 0.15) is 12.5 Å². The fourth-order valence-corrected chi connectivity index (χ4v) is 1.02. The average Bonchev–Trinajstić information content (AvgIpc) is 2.17. The number of aromatic nitrogens is 1. The van der Waals surface area contributed by atoms with Gasteiger partial charge >= 0.3 is 0 Å². The Morgan fingerprint density at radius 3 is 2.77 bits per heavy atom. The molecule has 0 amide bonds. The van der Waals surface area contributed by atoms with Gasteiger partial charge in [-0.1, -0.05) is 6.92 Å². The Balaban J connectivity index is 3.05. The van der Waals surface area contributed by atoms with Gasteiger partial charge in [0, 0.05) is 18.2 Å². The van der Waals surface area contributed by atoms with Gasteiger partial charge in [-0.15, -0.1) is 0 Å². The Morgan fingerprint density at radius 2 is 2.31 bits per heavy atom. The SMILES string of the molecule is CC(CN)(CO)c1cncc(F)c1. The second kappa shape index (κ2) is 3.81. The van der Waals surface area contributed by atoms with Crippen LogP contribution >= 0.6 is 0 Å². The van der Waals surface area contributed by atoms with Gasteiger partial charge in [0.1, 0.15) is 5.82 Å². The quantitative estimate of drug-likeness (QED) is 0.716. The highest BCUT2D eigenvalue weighted by atomic mass is 19.1. The lowest BCUT2D eigenvalue weighted by atomic mass is 9.84. The zero-order valence-corrected chi connectivity index (χ0v) is 7.50. The molecule has 0 aliphatic carbocycles. The van der Waals surface area contributed by atoms with Crippen LogP contribution in [0, 0.1) is 5.82 Å². The molecule has 0 bridgehead atoms. The highest BCUT2D eigenvalue weighted by molar-refractivity contribution is 5.22. The van der Waals surface area contributed by atoms with Gasteiger partial charge in [0.2, 0.25) is 0 Å². The lowest BCUT2D eigenvalue weighted by Gasteiger charge is -2.25. The summed E-state index contributed by atoms with van der Waals surface area (Å²) in [7, 11) is 0. The Morgan fingerprint density at radius 1 is 1.62 bits per heavy atom. The number of pyridine rings is 1. The molecule has 0 saturated heterocycles. The van der Waals surface area contributed by atoms with Crippen LogP contribution in [0.3, 0.4) is 0 Å². The van der Waals surface area contributed by atoms with Gasteiger partial charge in [0.25, 0.3) is 0 Å². The van der Waals surface area contributed by atoms with Gasteiger partial charge in [-0.05, 0) is 11.6 Å². The number of nitrogens with zero attached hydrogens (tertiary/aromatic N) is 1. The summed E-state index contributed by atoms with van der Waals surface area (Å²) in [4.78, 5) is 3.70. The Kier molecular flexibility index (Phi) is 2.95. The van der Waals surface area contributed by atoms with Crippen molar-refractivity contribution in [3.05, 3.63) is 29.8 Å². The topological polar surface area (TPSA) is 59.1 Å². The van der Waals surface area contributed by atoms with Gasteiger partial charge in [-0.3, -0.25) is 4.98 Å². The summed E-state index contributed by atoms with van der Waals surface area (Å²) in [5.41, 5.74) is 5.51. The van der Waals surface area contributed by atoms with Crippen LogP contribution in [-0.4, -0.2) is 23.2 Å². The first-order valence-electron chi connectivity index (χ1n) is 4.04. The molecule has 1 aromatic rings. The van der Waals surface area contributed by atoms with Gasteiger partial charge in [0.15, 0.2) is 0 Å². The number of halogens is 1. The molecule has 0 aromatic carbocycles. The smallest absolute Gasteiger partial charge is 0.141 e. The number of rotatable bonds is 3. The third kappa shape index (κ3) is 2.02. The molecule has 1 atom stereocenters. The minimum Gasteiger partial charge on any atom is -0.395 e. The maximum Gasteiger partial charge on any atom is 0.141 e. The number of aliphatic hydroxyl groups is 1. The monoisotopic (exact) mass is 184 g/mol. The Labute approximate surface area is 76.4 Å². The number of aliphatic hydroxyl groups excluding tert-OH is 1. The van der Waals surface area contributed by atoms with Crippen LogP contribution in [-0.2, 0) is 5.41 Å². The molecule has 0 saturated carbocycles. The molecule has 1 unspecified atom stereocenters.